The lowest BCUT2D eigenvalue weighted by Crippen LogP contribution is -2.00. The zero-order valence-corrected chi connectivity index (χ0v) is 4.44. The third kappa shape index (κ3) is 3.66. The Morgan fingerprint density at radius 1 is 1.86 bits per heavy atom. The summed E-state index contributed by atoms with van der Waals surface area (Å²) in [5.41, 5.74) is 0. The van der Waals surface area contributed by atoms with Gasteiger partial charge in [0.25, 0.3) is 5.97 Å². The monoisotopic (exact) mass is 118 g/mol. The van der Waals surface area contributed by atoms with Crippen LogP contribution in [0.1, 0.15) is 6.42 Å². The summed E-state index contributed by atoms with van der Waals surface area (Å²) in [6.07, 6.45) is 0.179. The molecule has 0 aromatic rings. The summed E-state index contributed by atoms with van der Waals surface area (Å²) in [4.78, 5) is 9.98. The predicted octanol–water partition coefficient (Wildman–Crippen LogP) is 0.242. The van der Waals surface area contributed by atoms with Crippen molar-refractivity contribution in [3.63, 3.8) is 0 Å². The average molecular weight is 118 g/mol. The molecule has 0 saturated heterocycles. The number of carbonyl (C=O) groups excluding carboxylic acids is 1. The maximum Gasteiger partial charge on any atom is 0.378 e. The van der Waals surface area contributed by atoms with Crippen molar-refractivity contribution in [2.45, 2.75) is 6.42 Å². The van der Waals surface area contributed by atoms with E-state index in [0.717, 1.165) is 0 Å². The molecule has 0 saturated carbocycles. The van der Waals surface area contributed by atoms with Crippen LogP contribution in [-0.4, -0.2) is 19.9 Å². The molecule has 0 spiro atoms. The second kappa shape index (κ2) is 4.00. The van der Waals surface area contributed by atoms with Crippen LogP contribution in [0.2, 0.25) is 0 Å². The fraction of sp³-hybridized carbons (Fsp3) is 0.667. The first-order valence-electron chi connectivity index (χ1n) is 1.76. The zero-order valence-electron chi connectivity index (χ0n) is 3.69. The molecule has 0 N–H and O–H groups in total. The van der Waals surface area contributed by atoms with Crippen molar-refractivity contribution in [2.75, 3.05) is 5.88 Å². The fourth-order valence-electron chi connectivity index (χ4n) is 0.136. The van der Waals surface area contributed by atoms with Gasteiger partial charge in [0.1, 0.15) is 0 Å². The Morgan fingerprint density at radius 2 is 2.43 bits per heavy atom. The Bertz CT molecular complexity index is 66.0. The van der Waals surface area contributed by atoms with Gasteiger partial charge >= 0.3 is 8.05 Å². The highest BCUT2D eigenvalue weighted by atomic mass is 35.5. The van der Waals surface area contributed by atoms with Gasteiger partial charge in [0, 0.05) is 5.88 Å². The molecule has 2 nitrogen and oxygen atoms in total. The van der Waals surface area contributed by atoms with E-state index < -0.39 is 5.97 Å². The largest absolute Gasteiger partial charge is 0.543 e. The molecule has 38 valence electrons. The highest BCUT2D eigenvalue weighted by Gasteiger charge is 1.93. The van der Waals surface area contributed by atoms with Crippen LogP contribution >= 0.6 is 11.6 Å². The number of rotatable bonds is 2. The van der Waals surface area contributed by atoms with Gasteiger partial charge in [0.05, 0.1) is 6.42 Å². The van der Waals surface area contributed by atoms with E-state index in [2.05, 4.69) is 12.7 Å². The number of hydrogen-bond donors (Lipinski definition) is 0. The van der Waals surface area contributed by atoms with E-state index >= 15 is 0 Å². The summed E-state index contributed by atoms with van der Waals surface area (Å²) in [7, 11) is 4.45. The Balaban J connectivity index is 3.00. The van der Waals surface area contributed by atoms with Gasteiger partial charge in [0.15, 0.2) is 0 Å². The molecule has 2 radical (unpaired) electrons. The van der Waals surface area contributed by atoms with Crippen LogP contribution in [0, 0.1) is 0 Å². The molecular formula is C3H4BClO2. The molecule has 0 rings (SSSR count). The fourth-order valence-corrected chi connectivity index (χ4v) is 0.290. The Morgan fingerprint density at radius 3 is 2.57 bits per heavy atom. The van der Waals surface area contributed by atoms with Gasteiger partial charge in [0.2, 0.25) is 0 Å². The molecule has 0 unspecified atom stereocenters. The van der Waals surface area contributed by atoms with Crippen LogP contribution in [0.3, 0.4) is 0 Å². The molecule has 0 bridgehead atoms. The van der Waals surface area contributed by atoms with Crippen LogP contribution in [0.4, 0.5) is 0 Å². The summed E-state index contributed by atoms with van der Waals surface area (Å²) in [5, 5.41) is 0. The van der Waals surface area contributed by atoms with Crippen LogP contribution in [0.5, 0.6) is 0 Å². The standard InChI is InChI=1S/C3H4BClO2/c4-7-3(6)1-2-5/h1-2H2. The molecule has 0 aromatic carbocycles. The summed E-state index contributed by atoms with van der Waals surface area (Å²) < 4.78 is 3.77. The quantitative estimate of drug-likeness (QED) is 0.383. The molecule has 0 fully saturated rings. The van der Waals surface area contributed by atoms with E-state index in [0.29, 0.717) is 0 Å². The normalized spacial score (nSPS) is 8.14. The number of alkyl halides is 1. The number of halogens is 1. The third-order valence-electron chi connectivity index (χ3n) is 0.430. The summed E-state index contributed by atoms with van der Waals surface area (Å²) in [5.74, 6) is -0.217. The average Bonchev–Trinajstić information content (AvgIpc) is 1.68. The molecule has 0 atom stereocenters. The Hall–Kier alpha value is -0.175. The highest BCUT2D eigenvalue weighted by molar-refractivity contribution is 6.19. The minimum absolute atomic E-state index is 0.179. The SMILES string of the molecule is [B]OC(=O)CCCl. The third-order valence-corrected chi connectivity index (χ3v) is 0.619. The van der Waals surface area contributed by atoms with Crippen molar-refractivity contribution < 1.29 is 9.45 Å². The van der Waals surface area contributed by atoms with Gasteiger partial charge < -0.3 is 4.65 Å². The Labute approximate surface area is 48.2 Å². The highest BCUT2D eigenvalue weighted by Crippen LogP contribution is 1.84. The van der Waals surface area contributed by atoms with Crippen molar-refractivity contribution in [1.82, 2.24) is 0 Å². The molecule has 0 aliphatic heterocycles. The first kappa shape index (κ1) is 6.82. The van der Waals surface area contributed by atoms with Gasteiger partial charge in [-0.15, -0.1) is 11.6 Å². The van der Waals surface area contributed by atoms with Crippen LogP contribution in [0.25, 0.3) is 0 Å². The van der Waals surface area contributed by atoms with Gasteiger partial charge in [-0.05, 0) is 0 Å². The van der Waals surface area contributed by atoms with Gasteiger partial charge in [-0.1, -0.05) is 0 Å². The van der Waals surface area contributed by atoms with E-state index in [9.17, 15) is 4.79 Å². The number of hydrogen-bond acceptors (Lipinski definition) is 2. The minimum Gasteiger partial charge on any atom is -0.543 e. The smallest absolute Gasteiger partial charge is 0.378 e. The first-order chi connectivity index (χ1) is 3.31. The van der Waals surface area contributed by atoms with Crippen molar-refractivity contribution >= 4 is 25.6 Å². The lowest BCUT2D eigenvalue weighted by Gasteiger charge is -1.90. The van der Waals surface area contributed by atoms with Crippen LogP contribution in [-0.2, 0) is 9.45 Å². The lowest BCUT2D eigenvalue weighted by molar-refractivity contribution is -0.133. The minimum atomic E-state index is -0.477. The van der Waals surface area contributed by atoms with Gasteiger partial charge in [-0.25, -0.2) is 0 Å². The van der Waals surface area contributed by atoms with E-state index in [1.165, 1.54) is 0 Å². The van der Waals surface area contributed by atoms with E-state index in [1.54, 1.807) is 0 Å². The van der Waals surface area contributed by atoms with Crippen molar-refractivity contribution in [1.29, 1.82) is 0 Å². The zero-order chi connectivity index (χ0) is 5.70. The van der Waals surface area contributed by atoms with Crippen LogP contribution < -0.4 is 0 Å². The van der Waals surface area contributed by atoms with E-state index in [4.69, 9.17) is 11.6 Å². The summed E-state index contributed by atoms with van der Waals surface area (Å²) in [6.45, 7) is 0. The lowest BCUT2D eigenvalue weighted by atomic mass is 10.5. The number of carbonyl (C=O) groups is 1. The Kier molecular flexibility index (Phi) is 3.90. The maximum absolute atomic E-state index is 9.98. The van der Waals surface area contributed by atoms with Crippen molar-refractivity contribution in [3.05, 3.63) is 0 Å². The molecule has 4 heteroatoms. The topological polar surface area (TPSA) is 26.3 Å². The molecule has 0 aliphatic rings. The first-order valence-corrected chi connectivity index (χ1v) is 2.30. The molecule has 0 amide bonds. The second-order valence-electron chi connectivity index (χ2n) is 0.929. The molecule has 0 heterocycles. The van der Waals surface area contributed by atoms with E-state index in [1.807, 2.05) is 0 Å². The maximum atomic E-state index is 9.98. The van der Waals surface area contributed by atoms with Crippen molar-refractivity contribution in [3.8, 4) is 0 Å². The van der Waals surface area contributed by atoms with Crippen molar-refractivity contribution in [2.24, 2.45) is 0 Å². The molecule has 0 aliphatic carbocycles. The summed E-state index contributed by atoms with van der Waals surface area (Å²) >= 11 is 5.12. The predicted molar refractivity (Wildman–Crippen MR) is 27.2 cm³/mol. The molecule has 0 aromatic heterocycles. The van der Waals surface area contributed by atoms with E-state index in [-0.39, 0.29) is 12.3 Å². The molecule has 7 heavy (non-hydrogen) atoms. The van der Waals surface area contributed by atoms with Gasteiger partial charge in [-0.3, -0.25) is 4.79 Å². The second-order valence-corrected chi connectivity index (χ2v) is 1.31. The van der Waals surface area contributed by atoms with Gasteiger partial charge in [-0.2, -0.15) is 0 Å². The van der Waals surface area contributed by atoms with Crippen LogP contribution in [0.15, 0.2) is 0 Å². The summed E-state index contributed by atoms with van der Waals surface area (Å²) in [6, 6.07) is 0. The molecular weight excluding hydrogens is 114 g/mol.